The second-order valence-electron chi connectivity index (χ2n) is 14.1. The summed E-state index contributed by atoms with van der Waals surface area (Å²) < 4.78 is 88.9. The van der Waals surface area contributed by atoms with Crippen LogP contribution >= 0.6 is 0 Å². The van der Waals surface area contributed by atoms with Crippen LogP contribution in [0.5, 0.6) is 0 Å². The molecule has 9 aromatic rings. The van der Waals surface area contributed by atoms with Crippen molar-refractivity contribution in [2.75, 3.05) is 0 Å². The van der Waals surface area contributed by atoms with E-state index >= 15 is 0 Å². The van der Waals surface area contributed by atoms with Crippen LogP contribution in [-0.4, -0.2) is 9.13 Å². The predicted molar refractivity (Wildman–Crippen MR) is 212 cm³/mol. The number of hydrogen-bond acceptors (Lipinski definition) is 0. The fraction of sp³-hybridized carbons (Fsp3) is 0.0851. The Bertz CT molecular complexity index is 3070. The fourth-order valence-electron chi connectivity index (χ4n) is 7.94. The smallest absolute Gasteiger partial charge is 0.309 e. The Hall–Kier alpha value is -6.79. The molecule has 274 valence electrons. The first-order valence-electron chi connectivity index (χ1n) is 17.8. The average Bonchev–Trinajstić information content (AvgIpc) is 3.68. The van der Waals surface area contributed by atoms with E-state index in [4.69, 9.17) is 6.57 Å². The number of hydrogen-bond donors (Lipinski definition) is 0. The summed E-state index contributed by atoms with van der Waals surface area (Å²) in [6.45, 7) is 12.0. The number of alkyl halides is 6. The van der Waals surface area contributed by atoms with Gasteiger partial charge in [0.15, 0.2) is 5.69 Å². The van der Waals surface area contributed by atoms with Gasteiger partial charge in [0.1, 0.15) is 0 Å². The summed E-state index contributed by atoms with van der Waals surface area (Å²) in [7, 11) is 0. The number of aryl methyl sites for hydroxylation is 2. The van der Waals surface area contributed by atoms with Gasteiger partial charge in [-0.15, -0.1) is 0 Å². The van der Waals surface area contributed by atoms with E-state index in [-0.39, 0.29) is 17.2 Å². The minimum absolute atomic E-state index is 0.142. The third-order valence-electron chi connectivity index (χ3n) is 10.5. The van der Waals surface area contributed by atoms with Crippen LogP contribution in [0.2, 0.25) is 0 Å². The van der Waals surface area contributed by atoms with Crippen LogP contribution in [0.15, 0.2) is 140 Å². The molecule has 0 radical (unpaired) electrons. The molecule has 0 unspecified atom stereocenters. The van der Waals surface area contributed by atoms with Crippen molar-refractivity contribution in [2.24, 2.45) is 0 Å². The van der Waals surface area contributed by atoms with E-state index in [1.54, 1.807) is 30.3 Å². The van der Waals surface area contributed by atoms with Gasteiger partial charge in [0.25, 0.3) is 0 Å². The van der Waals surface area contributed by atoms with Gasteiger partial charge in [0.2, 0.25) is 0 Å². The molecule has 0 saturated carbocycles. The first-order chi connectivity index (χ1) is 26.8. The van der Waals surface area contributed by atoms with E-state index in [9.17, 15) is 26.3 Å². The summed E-state index contributed by atoms with van der Waals surface area (Å²) in [5.74, 6) is 0. The Morgan fingerprint density at radius 3 is 1.50 bits per heavy atom. The maximum Gasteiger partial charge on any atom is 0.416 e. The van der Waals surface area contributed by atoms with Gasteiger partial charge in [-0.2, -0.15) is 26.3 Å². The van der Waals surface area contributed by atoms with Crippen LogP contribution in [0, 0.1) is 20.4 Å². The van der Waals surface area contributed by atoms with Crippen molar-refractivity contribution >= 4 is 49.3 Å². The maximum absolute atomic E-state index is 14.1. The molecule has 0 amide bonds. The topological polar surface area (TPSA) is 14.2 Å². The van der Waals surface area contributed by atoms with Crippen LogP contribution in [0.4, 0.5) is 32.0 Å². The van der Waals surface area contributed by atoms with Gasteiger partial charge in [-0.05, 0) is 103 Å². The van der Waals surface area contributed by atoms with Crippen LogP contribution in [-0.2, 0) is 12.4 Å². The van der Waals surface area contributed by atoms with Gasteiger partial charge in [-0.1, -0.05) is 77.9 Å². The molecule has 2 aromatic heterocycles. The zero-order valence-electron chi connectivity index (χ0n) is 29.9. The van der Waals surface area contributed by atoms with Gasteiger partial charge >= 0.3 is 12.4 Å². The molecule has 0 N–H and O–H groups in total. The largest absolute Gasteiger partial charge is 0.416 e. The molecule has 9 rings (SSSR count). The molecule has 0 aliphatic carbocycles. The summed E-state index contributed by atoms with van der Waals surface area (Å²) in [6.07, 6.45) is -10.0. The van der Waals surface area contributed by atoms with Crippen LogP contribution in [0.25, 0.3) is 82.1 Å². The van der Waals surface area contributed by atoms with Crippen LogP contribution < -0.4 is 0 Å². The van der Waals surface area contributed by atoms with Gasteiger partial charge in [0, 0.05) is 27.1 Å². The second-order valence-corrected chi connectivity index (χ2v) is 14.1. The van der Waals surface area contributed by atoms with Crippen LogP contribution in [0.3, 0.4) is 0 Å². The van der Waals surface area contributed by atoms with Crippen LogP contribution in [0.1, 0.15) is 22.3 Å². The lowest BCUT2D eigenvalue weighted by Crippen LogP contribution is -2.11. The molecule has 2 heterocycles. The van der Waals surface area contributed by atoms with Crippen molar-refractivity contribution in [2.45, 2.75) is 26.2 Å². The maximum atomic E-state index is 14.1. The van der Waals surface area contributed by atoms with E-state index in [2.05, 4.69) is 33.7 Å². The molecule has 0 aliphatic heterocycles. The lowest BCUT2D eigenvalue weighted by molar-refractivity contribution is -0.143. The molecule has 0 saturated heterocycles. The summed E-state index contributed by atoms with van der Waals surface area (Å²) in [6, 6.07) is 40.0. The average molecular weight is 750 g/mol. The number of rotatable bonds is 4. The van der Waals surface area contributed by atoms with Crippen molar-refractivity contribution in [3.8, 4) is 33.6 Å². The number of halogens is 6. The Morgan fingerprint density at radius 2 is 0.964 bits per heavy atom. The van der Waals surface area contributed by atoms with E-state index in [0.717, 1.165) is 72.6 Å². The summed E-state index contributed by atoms with van der Waals surface area (Å²) >= 11 is 0. The molecular formula is C47H29F6N3. The molecule has 7 aromatic carbocycles. The highest BCUT2D eigenvalue weighted by Gasteiger charge is 2.37. The standard InChI is InChI=1S/C47H29F6N3/c1-27-12-17-42-37(20-27)34-8-4-6-10-40(34)55(42)44-19-15-33(54-3)26-39(44)36-16-14-29(30-22-31(46(48,49)50)25-32(23-30)47(51,52)53)24-45(36)56-41-11-7-5-9-35(41)38-21-28(2)13-18-43(38)56/h4-26H,1-2H3. The van der Waals surface area contributed by atoms with Crippen molar-refractivity contribution < 1.29 is 26.3 Å². The lowest BCUT2D eigenvalue weighted by atomic mass is 9.94. The SMILES string of the molecule is [C-]#[N+]c1ccc(-n2c3ccccc3c3cc(C)ccc32)c(-c2ccc(-c3cc(C(F)(F)F)cc(C(F)(F)F)c3)cc2-n2c3ccccc3c3cc(C)ccc32)c1. The number of aromatic nitrogens is 2. The normalized spacial score (nSPS) is 12.3. The van der Waals surface area contributed by atoms with E-state index < -0.39 is 23.5 Å². The molecule has 0 bridgehead atoms. The summed E-state index contributed by atoms with van der Waals surface area (Å²) in [4.78, 5) is 3.77. The molecule has 0 aliphatic rings. The van der Waals surface area contributed by atoms with Crippen molar-refractivity contribution in [1.82, 2.24) is 9.13 Å². The third kappa shape index (κ3) is 5.68. The molecule has 56 heavy (non-hydrogen) atoms. The van der Waals surface area contributed by atoms with E-state index in [1.165, 1.54) is 0 Å². The number of benzene rings is 7. The highest BCUT2D eigenvalue weighted by Crippen LogP contribution is 2.45. The van der Waals surface area contributed by atoms with Gasteiger partial charge in [0.05, 0.1) is 51.1 Å². The minimum Gasteiger partial charge on any atom is -0.309 e. The highest BCUT2D eigenvalue weighted by molar-refractivity contribution is 6.12. The summed E-state index contributed by atoms with van der Waals surface area (Å²) in [5, 5.41) is 3.93. The quantitative estimate of drug-likeness (QED) is 0.126. The highest BCUT2D eigenvalue weighted by atomic mass is 19.4. The van der Waals surface area contributed by atoms with E-state index in [0.29, 0.717) is 22.5 Å². The first-order valence-corrected chi connectivity index (χ1v) is 17.8. The number of para-hydroxylation sites is 2. The number of nitrogens with zero attached hydrogens (tertiary/aromatic N) is 3. The van der Waals surface area contributed by atoms with Gasteiger partial charge < -0.3 is 9.13 Å². The minimum atomic E-state index is -5.01. The fourth-order valence-corrected chi connectivity index (χ4v) is 7.94. The molecule has 0 atom stereocenters. The predicted octanol–water partition coefficient (Wildman–Crippen LogP) is 14.4. The Labute approximate surface area is 317 Å². The van der Waals surface area contributed by atoms with Crippen molar-refractivity contribution in [3.63, 3.8) is 0 Å². The third-order valence-corrected chi connectivity index (χ3v) is 10.5. The van der Waals surface area contributed by atoms with Crippen molar-refractivity contribution in [1.29, 1.82) is 0 Å². The van der Waals surface area contributed by atoms with Crippen molar-refractivity contribution in [3.05, 3.63) is 173 Å². The molecule has 9 heteroatoms. The zero-order chi connectivity index (χ0) is 39.1. The Morgan fingerprint density at radius 1 is 0.446 bits per heavy atom. The Balaban J connectivity index is 1.41. The number of fused-ring (bicyclic) bond motifs is 6. The molecule has 3 nitrogen and oxygen atoms in total. The first kappa shape index (κ1) is 34.9. The molecule has 0 spiro atoms. The second kappa shape index (κ2) is 12.6. The van der Waals surface area contributed by atoms with E-state index in [1.807, 2.05) is 85.1 Å². The molecular weight excluding hydrogens is 721 g/mol. The Kier molecular flexibility index (Phi) is 7.89. The zero-order valence-corrected chi connectivity index (χ0v) is 29.9. The summed E-state index contributed by atoms with van der Waals surface area (Å²) in [5.41, 5.74) is 5.61. The van der Waals surface area contributed by atoms with Gasteiger partial charge in [-0.25, -0.2) is 4.85 Å². The molecule has 0 fully saturated rings. The lowest BCUT2D eigenvalue weighted by Gasteiger charge is -2.21. The van der Waals surface area contributed by atoms with Gasteiger partial charge in [-0.3, -0.25) is 0 Å². The monoisotopic (exact) mass is 749 g/mol.